The summed E-state index contributed by atoms with van der Waals surface area (Å²) in [7, 11) is 0. The summed E-state index contributed by atoms with van der Waals surface area (Å²) in [6, 6.07) is 0. The monoisotopic (exact) mass is 150 g/mol. The Hall–Kier alpha value is -0.780. The first-order valence-electron chi connectivity index (χ1n) is 4.05. The van der Waals surface area contributed by atoms with Gasteiger partial charge in [-0.05, 0) is 25.3 Å². The Morgan fingerprint density at radius 2 is 1.82 bits per heavy atom. The molecule has 0 saturated carbocycles. The van der Waals surface area contributed by atoms with Crippen LogP contribution in [-0.4, -0.2) is 0 Å². The van der Waals surface area contributed by atoms with Gasteiger partial charge in [0.15, 0.2) is 0 Å². The first-order valence-corrected chi connectivity index (χ1v) is 4.05. The van der Waals surface area contributed by atoms with Gasteiger partial charge in [0, 0.05) is 0 Å². The van der Waals surface area contributed by atoms with Gasteiger partial charge in [0.05, 0.1) is 0 Å². The van der Waals surface area contributed by atoms with Crippen molar-refractivity contribution >= 4 is 0 Å². The summed E-state index contributed by atoms with van der Waals surface area (Å²) in [6.45, 7) is 12.3. The molecule has 0 spiro atoms. The van der Waals surface area contributed by atoms with Crippen LogP contribution in [0.2, 0.25) is 0 Å². The minimum atomic E-state index is 0.629. The molecule has 0 aliphatic heterocycles. The van der Waals surface area contributed by atoms with E-state index in [2.05, 4.69) is 45.6 Å². The van der Waals surface area contributed by atoms with Gasteiger partial charge in [-0.3, -0.25) is 0 Å². The first-order chi connectivity index (χ1) is 5.04. The van der Waals surface area contributed by atoms with E-state index in [4.69, 9.17) is 0 Å². The van der Waals surface area contributed by atoms with Gasteiger partial charge >= 0.3 is 0 Å². The van der Waals surface area contributed by atoms with E-state index in [0.717, 1.165) is 5.57 Å². The number of rotatable bonds is 3. The molecule has 0 rings (SSSR count). The maximum atomic E-state index is 3.85. The lowest BCUT2D eigenvalue weighted by molar-refractivity contribution is 0.832. The third-order valence-corrected chi connectivity index (χ3v) is 1.52. The molecule has 0 aliphatic rings. The van der Waals surface area contributed by atoms with Gasteiger partial charge in [-0.2, -0.15) is 0 Å². The molecule has 0 aromatic heterocycles. The summed E-state index contributed by atoms with van der Waals surface area (Å²) in [6.07, 6.45) is 6.36. The van der Waals surface area contributed by atoms with Crippen molar-refractivity contribution < 1.29 is 0 Å². The molecule has 0 atom stereocenters. The third-order valence-electron chi connectivity index (χ3n) is 1.52. The van der Waals surface area contributed by atoms with E-state index < -0.39 is 0 Å². The molecule has 11 heavy (non-hydrogen) atoms. The van der Waals surface area contributed by atoms with Crippen LogP contribution in [0.25, 0.3) is 0 Å². The molecule has 0 heterocycles. The SMILES string of the molecule is C=C(C)/C(C)=C\C=C\C(C)C. The summed E-state index contributed by atoms with van der Waals surface area (Å²) >= 11 is 0. The van der Waals surface area contributed by atoms with Crippen molar-refractivity contribution in [3.63, 3.8) is 0 Å². The van der Waals surface area contributed by atoms with E-state index in [-0.39, 0.29) is 0 Å². The van der Waals surface area contributed by atoms with Gasteiger partial charge in [0.25, 0.3) is 0 Å². The van der Waals surface area contributed by atoms with E-state index in [1.165, 1.54) is 5.57 Å². The maximum absolute atomic E-state index is 3.85. The van der Waals surface area contributed by atoms with E-state index in [1.807, 2.05) is 6.92 Å². The molecular weight excluding hydrogens is 132 g/mol. The van der Waals surface area contributed by atoms with Gasteiger partial charge in [-0.15, -0.1) is 0 Å². The highest BCUT2D eigenvalue weighted by molar-refractivity contribution is 5.27. The van der Waals surface area contributed by atoms with Crippen molar-refractivity contribution in [3.8, 4) is 0 Å². The van der Waals surface area contributed by atoms with E-state index >= 15 is 0 Å². The lowest BCUT2D eigenvalue weighted by atomic mass is 10.1. The average Bonchev–Trinajstić information content (AvgIpc) is 1.86. The van der Waals surface area contributed by atoms with E-state index in [0.29, 0.717) is 5.92 Å². The van der Waals surface area contributed by atoms with Crippen molar-refractivity contribution in [1.29, 1.82) is 0 Å². The number of allylic oxidation sites excluding steroid dienone is 5. The van der Waals surface area contributed by atoms with Gasteiger partial charge in [0.1, 0.15) is 0 Å². The molecule has 0 N–H and O–H groups in total. The summed E-state index contributed by atoms with van der Waals surface area (Å²) in [4.78, 5) is 0. The van der Waals surface area contributed by atoms with Crippen LogP contribution in [0, 0.1) is 5.92 Å². The number of hydrogen-bond acceptors (Lipinski definition) is 0. The van der Waals surface area contributed by atoms with E-state index in [1.54, 1.807) is 0 Å². The van der Waals surface area contributed by atoms with Crippen molar-refractivity contribution in [2.24, 2.45) is 5.92 Å². The summed E-state index contributed by atoms with van der Waals surface area (Å²) in [5.74, 6) is 0.629. The van der Waals surface area contributed by atoms with Crippen molar-refractivity contribution in [1.82, 2.24) is 0 Å². The molecule has 0 aromatic carbocycles. The zero-order chi connectivity index (χ0) is 8.85. The van der Waals surface area contributed by atoms with Gasteiger partial charge < -0.3 is 0 Å². The second-order valence-electron chi connectivity index (χ2n) is 3.26. The zero-order valence-corrected chi connectivity index (χ0v) is 8.02. The van der Waals surface area contributed by atoms with Crippen LogP contribution in [0.5, 0.6) is 0 Å². The topological polar surface area (TPSA) is 0 Å². The molecule has 0 unspecified atom stereocenters. The highest BCUT2D eigenvalue weighted by atomic mass is 13.9. The molecule has 0 aromatic rings. The summed E-state index contributed by atoms with van der Waals surface area (Å²) in [5.41, 5.74) is 2.39. The van der Waals surface area contributed by atoms with Crippen molar-refractivity contribution in [2.75, 3.05) is 0 Å². The lowest BCUT2D eigenvalue weighted by Gasteiger charge is -1.95. The standard InChI is InChI=1S/C11H18/c1-9(2)7-6-8-11(5)10(3)4/h6-9H,3H2,1-2,4-5H3/b7-6+,11-8-. The van der Waals surface area contributed by atoms with Gasteiger partial charge in [0.2, 0.25) is 0 Å². The molecule has 0 amide bonds. The maximum Gasteiger partial charge on any atom is -0.0287 e. The summed E-state index contributed by atoms with van der Waals surface area (Å²) in [5, 5.41) is 0. The molecule has 0 bridgehead atoms. The molecule has 0 radical (unpaired) electrons. The van der Waals surface area contributed by atoms with Crippen LogP contribution in [-0.2, 0) is 0 Å². The Labute approximate surface area is 70.3 Å². The number of hydrogen-bond donors (Lipinski definition) is 0. The predicted molar refractivity (Wildman–Crippen MR) is 52.5 cm³/mol. The lowest BCUT2D eigenvalue weighted by Crippen LogP contribution is -1.77. The molecule has 0 nitrogen and oxygen atoms in total. The highest BCUT2D eigenvalue weighted by Gasteiger charge is 1.85. The average molecular weight is 150 g/mol. The second kappa shape index (κ2) is 4.95. The molecule has 0 aliphatic carbocycles. The fourth-order valence-corrected chi connectivity index (χ4v) is 0.564. The Kier molecular flexibility index (Phi) is 4.60. The van der Waals surface area contributed by atoms with Crippen LogP contribution in [0.4, 0.5) is 0 Å². The van der Waals surface area contributed by atoms with Crippen molar-refractivity contribution in [3.05, 3.63) is 36.0 Å². The Morgan fingerprint density at radius 3 is 2.18 bits per heavy atom. The molecule has 0 fully saturated rings. The van der Waals surface area contributed by atoms with Crippen LogP contribution >= 0.6 is 0 Å². The fourth-order valence-electron chi connectivity index (χ4n) is 0.564. The zero-order valence-electron chi connectivity index (χ0n) is 8.02. The van der Waals surface area contributed by atoms with Crippen LogP contribution < -0.4 is 0 Å². The molecule has 0 heteroatoms. The third kappa shape index (κ3) is 5.65. The Balaban J connectivity index is 4.02. The minimum Gasteiger partial charge on any atom is -0.0958 e. The Bertz CT molecular complexity index is 180. The largest absolute Gasteiger partial charge is 0.0958 e. The van der Waals surface area contributed by atoms with Gasteiger partial charge in [-0.25, -0.2) is 0 Å². The molecular formula is C11H18. The minimum absolute atomic E-state index is 0.629. The highest BCUT2D eigenvalue weighted by Crippen LogP contribution is 2.05. The Morgan fingerprint density at radius 1 is 1.27 bits per heavy atom. The second-order valence-corrected chi connectivity index (χ2v) is 3.26. The molecule has 0 saturated heterocycles. The quantitative estimate of drug-likeness (QED) is 0.538. The van der Waals surface area contributed by atoms with Gasteiger partial charge in [-0.1, -0.05) is 44.2 Å². The van der Waals surface area contributed by atoms with Crippen LogP contribution in [0.1, 0.15) is 27.7 Å². The predicted octanol–water partition coefficient (Wildman–Crippen LogP) is 3.72. The molecule has 62 valence electrons. The van der Waals surface area contributed by atoms with Crippen molar-refractivity contribution in [2.45, 2.75) is 27.7 Å². The van der Waals surface area contributed by atoms with Crippen LogP contribution in [0.15, 0.2) is 36.0 Å². The smallest absolute Gasteiger partial charge is 0.0287 e. The first kappa shape index (κ1) is 10.2. The fraction of sp³-hybridized carbons (Fsp3) is 0.455. The normalized spacial score (nSPS) is 13.0. The van der Waals surface area contributed by atoms with E-state index in [9.17, 15) is 0 Å². The summed E-state index contributed by atoms with van der Waals surface area (Å²) < 4.78 is 0. The van der Waals surface area contributed by atoms with Crippen LogP contribution in [0.3, 0.4) is 0 Å².